The van der Waals surface area contributed by atoms with Crippen LogP contribution in [0.3, 0.4) is 0 Å². The van der Waals surface area contributed by atoms with E-state index in [4.69, 9.17) is 0 Å². The summed E-state index contributed by atoms with van der Waals surface area (Å²) >= 11 is 0. The van der Waals surface area contributed by atoms with Crippen LogP contribution in [-0.2, 0) is 4.79 Å². The fourth-order valence-corrected chi connectivity index (χ4v) is 0.948. The Bertz CT molecular complexity index is 314. The van der Waals surface area contributed by atoms with E-state index in [1.165, 1.54) is 12.1 Å². The monoisotopic (exact) mass is 189 g/mol. The Morgan fingerprint density at radius 2 is 2.08 bits per heavy atom. The lowest BCUT2D eigenvalue weighted by Crippen LogP contribution is -2.01. The molecule has 0 unspecified atom stereocenters. The second kappa shape index (κ2) is 3.93. The molecule has 0 aromatic heterocycles. The molecule has 70 valence electrons. The van der Waals surface area contributed by atoms with Crippen LogP contribution in [0.4, 0.5) is 18.9 Å². The Balaban J connectivity index is 3.17. The first-order chi connectivity index (χ1) is 6.16. The third kappa shape index (κ3) is 1.99. The third-order valence-corrected chi connectivity index (χ3v) is 1.49. The lowest BCUT2D eigenvalue weighted by Gasteiger charge is -2.07. The van der Waals surface area contributed by atoms with Crippen LogP contribution >= 0.6 is 0 Å². The highest BCUT2D eigenvalue weighted by atomic mass is 19.3. The molecule has 0 heterocycles. The van der Waals surface area contributed by atoms with Gasteiger partial charge in [-0.05, 0) is 12.1 Å². The SMILES string of the molecule is O=CNc1cccc(F)c1C(F)F. The predicted octanol–water partition coefficient (Wildman–Crippen LogP) is 2.33. The van der Waals surface area contributed by atoms with Gasteiger partial charge in [-0.2, -0.15) is 0 Å². The largest absolute Gasteiger partial charge is 0.328 e. The van der Waals surface area contributed by atoms with Crippen molar-refractivity contribution in [1.82, 2.24) is 0 Å². The van der Waals surface area contributed by atoms with E-state index >= 15 is 0 Å². The average Bonchev–Trinajstić information content (AvgIpc) is 2.04. The molecule has 0 saturated heterocycles. The number of rotatable bonds is 3. The number of anilines is 1. The Morgan fingerprint density at radius 1 is 1.38 bits per heavy atom. The summed E-state index contributed by atoms with van der Waals surface area (Å²) in [6.45, 7) is 0. The van der Waals surface area contributed by atoms with Crippen LogP contribution in [0.15, 0.2) is 18.2 Å². The molecule has 0 aliphatic heterocycles. The standard InChI is InChI=1S/C8H6F3NO/c9-5-2-1-3-6(12-4-13)7(5)8(10)11/h1-4,8H,(H,12,13). The molecule has 0 radical (unpaired) electrons. The number of carbonyl (C=O) groups excluding carboxylic acids is 1. The molecule has 0 aliphatic rings. The van der Waals surface area contributed by atoms with Crippen molar-refractivity contribution >= 4 is 12.1 Å². The molecule has 0 bridgehead atoms. The Morgan fingerprint density at radius 3 is 2.62 bits per heavy atom. The van der Waals surface area contributed by atoms with Gasteiger partial charge in [0.2, 0.25) is 6.41 Å². The lowest BCUT2D eigenvalue weighted by molar-refractivity contribution is -0.105. The third-order valence-electron chi connectivity index (χ3n) is 1.49. The Hall–Kier alpha value is -1.52. The second-order valence-electron chi connectivity index (χ2n) is 2.26. The number of alkyl halides is 2. The number of halogens is 3. The molecule has 0 atom stereocenters. The summed E-state index contributed by atoms with van der Waals surface area (Å²) in [5.41, 5.74) is -0.986. The van der Waals surface area contributed by atoms with E-state index in [0.717, 1.165) is 6.07 Å². The van der Waals surface area contributed by atoms with Crippen LogP contribution in [0, 0.1) is 5.82 Å². The quantitative estimate of drug-likeness (QED) is 0.726. The molecule has 13 heavy (non-hydrogen) atoms. The van der Waals surface area contributed by atoms with E-state index in [1.54, 1.807) is 0 Å². The number of hydrogen-bond donors (Lipinski definition) is 1. The van der Waals surface area contributed by atoms with Crippen LogP contribution < -0.4 is 5.32 Å². The minimum absolute atomic E-state index is 0.204. The topological polar surface area (TPSA) is 29.1 Å². The summed E-state index contributed by atoms with van der Waals surface area (Å²) in [4.78, 5) is 9.98. The van der Waals surface area contributed by atoms with Crippen molar-refractivity contribution in [2.45, 2.75) is 6.43 Å². The molecular formula is C8H6F3NO. The highest BCUT2D eigenvalue weighted by Crippen LogP contribution is 2.28. The van der Waals surface area contributed by atoms with E-state index in [-0.39, 0.29) is 12.1 Å². The molecule has 1 rings (SSSR count). The van der Waals surface area contributed by atoms with Gasteiger partial charge in [-0.15, -0.1) is 0 Å². The number of nitrogens with one attached hydrogen (secondary N) is 1. The summed E-state index contributed by atoms with van der Waals surface area (Å²) in [6, 6.07) is 3.36. The predicted molar refractivity (Wildman–Crippen MR) is 41.0 cm³/mol. The highest BCUT2D eigenvalue weighted by Gasteiger charge is 2.17. The first-order valence-electron chi connectivity index (χ1n) is 3.43. The summed E-state index contributed by atoms with van der Waals surface area (Å²) in [5.74, 6) is -1.03. The van der Waals surface area contributed by atoms with Crippen LogP contribution in [0.25, 0.3) is 0 Å². The van der Waals surface area contributed by atoms with Crippen LogP contribution in [0.2, 0.25) is 0 Å². The molecule has 2 nitrogen and oxygen atoms in total. The maximum Gasteiger partial charge on any atom is 0.268 e. The lowest BCUT2D eigenvalue weighted by atomic mass is 10.1. The number of hydrogen-bond acceptors (Lipinski definition) is 1. The molecule has 0 aliphatic carbocycles. The summed E-state index contributed by atoms with van der Waals surface area (Å²) in [6.07, 6.45) is -2.72. The van der Waals surface area contributed by atoms with E-state index < -0.39 is 17.8 Å². The number of benzene rings is 1. The van der Waals surface area contributed by atoms with Crippen LogP contribution in [0.1, 0.15) is 12.0 Å². The normalized spacial score (nSPS) is 10.2. The second-order valence-corrected chi connectivity index (χ2v) is 2.26. The van der Waals surface area contributed by atoms with Crippen molar-refractivity contribution in [3.8, 4) is 0 Å². The van der Waals surface area contributed by atoms with Crippen molar-refractivity contribution in [1.29, 1.82) is 0 Å². The van der Waals surface area contributed by atoms with Crippen molar-refractivity contribution in [2.75, 3.05) is 5.32 Å². The Kier molecular flexibility index (Phi) is 2.89. The molecule has 1 aromatic carbocycles. The van der Waals surface area contributed by atoms with E-state index in [2.05, 4.69) is 0 Å². The zero-order valence-electron chi connectivity index (χ0n) is 6.43. The van der Waals surface area contributed by atoms with Gasteiger partial charge < -0.3 is 5.32 Å². The zero-order valence-corrected chi connectivity index (χ0v) is 6.43. The fraction of sp³-hybridized carbons (Fsp3) is 0.125. The van der Waals surface area contributed by atoms with Gasteiger partial charge in [0, 0.05) is 0 Å². The van der Waals surface area contributed by atoms with Gasteiger partial charge in [0.25, 0.3) is 6.43 Å². The van der Waals surface area contributed by atoms with Crippen molar-refractivity contribution in [2.24, 2.45) is 0 Å². The van der Waals surface area contributed by atoms with Crippen molar-refractivity contribution in [3.63, 3.8) is 0 Å². The molecular weight excluding hydrogens is 183 g/mol. The van der Waals surface area contributed by atoms with Crippen LogP contribution in [-0.4, -0.2) is 6.41 Å². The van der Waals surface area contributed by atoms with Gasteiger partial charge in [-0.25, -0.2) is 13.2 Å². The fourth-order valence-electron chi connectivity index (χ4n) is 0.948. The first-order valence-corrected chi connectivity index (χ1v) is 3.43. The van der Waals surface area contributed by atoms with E-state index in [0.29, 0.717) is 0 Å². The van der Waals surface area contributed by atoms with Crippen molar-refractivity contribution in [3.05, 3.63) is 29.6 Å². The van der Waals surface area contributed by atoms with E-state index in [9.17, 15) is 18.0 Å². The molecule has 0 saturated carbocycles. The maximum atomic E-state index is 12.8. The first kappa shape index (κ1) is 9.57. The average molecular weight is 189 g/mol. The number of amides is 1. The van der Waals surface area contributed by atoms with Gasteiger partial charge in [-0.1, -0.05) is 6.07 Å². The minimum atomic E-state index is -2.94. The summed E-state index contributed by atoms with van der Waals surface area (Å²) < 4.78 is 37.2. The molecule has 0 fully saturated rings. The van der Waals surface area contributed by atoms with Crippen LogP contribution in [0.5, 0.6) is 0 Å². The van der Waals surface area contributed by atoms with Gasteiger partial charge in [0.15, 0.2) is 0 Å². The molecule has 1 amide bonds. The zero-order chi connectivity index (χ0) is 9.84. The van der Waals surface area contributed by atoms with E-state index in [1.807, 2.05) is 5.32 Å². The smallest absolute Gasteiger partial charge is 0.268 e. The van der Waals surface area contributed by atoms with Crippen molar-refractivity contribution < 1.29 is 18.0 Å². The minimum Gasteiger partial charge on any atom is -0.328 e. The van der Waals surface area contributed by atoms with Gasteiger partial charge in [0.05, 0.1) is 11.3 Å². The Labute approximate surface area is 72.4 Å². The van der Waals surface area contributed by atoms with Gasteiger partial charge >= 0.3 is 0 Å². The van der Waals surface area contributed by atoms with Gasteiger partial charge in [0.1, 0.15) is 5.82 Å². The maximum absolute atomic E-state index is 12.8. The summed E-state index contributed by atoms with van der Waals surface area (Å²) in [5, 5.41) is 2.00. The molecule has 5 heteroatoms. The summed E-state index contributed by atoms with van der Waals surface area (Å²) in [7, 11) is 0. The molecule has 0 spiro atoms. The highest BCUT2D eigenvalue weighted by molar-refractivity contribution is 5.73. The number of carbonyl (C=O) groups is 1. The molecule has 1 aromatic rings. The molecule has 1 N–H and O–H groups in total. The van der Waals surface area contributed by atoms with Gasteiger partial charge in [-0.3, -0.25) is 4.79 Å².